The molecule has 1 aromatic carbocycles. The quantitative estimate of drug-likeness (QED) is 0.185. The monoisotopic (exact) mass is 497 g/mol. The number of aliphatic carboxylic acids is 2. The van der Waals surface area contributed by atoms with Crippen molar-refractivity contribution < 1.29 is 24.6 Å². The Kier molecular flexibility index (Phi) is 8.17. The first-order valence-electron chi connectivity index (χ1n) is 10.6. The number of carboxylic acids is 2. The van der Waals surface area contributed by atoms with Crippen LogP contribution in [0.3, 0.4) is 0 Å². The van der Waals surface area contributed by atoms with Crippen LogP contribution in [-0.2, 0) is 16.1 Å². The van der Waals surface area contributed by atoms with E-state index >= 15 is 0 Å². The van der Waals surface area contributed by atoms with Crippen LogP contribution in [0.5, 0.6) is 0 Å². The molecule has 0 bridgehead atoms. The Morgan fingerprint density at radius 2 is 1.86 bits per heavy atom. The summed E-state index contributed by atoms with van der Waals surface area (Å²) in [4.78, 5) is 61.6. The van der Waals surface area contributed by atoms with Gasteiger partial charge in [-0.3, -0.25) is 24.4 Å². The summed E-state index contributed by atoms with van der Waals surface area (Å²) in [6.07, 6.45) is 0.838. The maximum Gasteiger partial charge on any atom is 0.326 e. The molecule has 0 aliphatic rings. The summed E-state index contributed by atoms with van der Waals surface area (Å²) < 4.78 is 0. The number of carbonyl (C=O) groups is 3. The molecule has 0 unspecified atom stereocenters. The van der Waals surface area contributed by atoms with Gasteiger partial charge in [-0.25, -0.2) is 14.8 Å². The number of amides is 1. The molecule has 1 amide bonds. The summed E-state index contributed by atoms with van der Waals surface area (Å²) in [6, 6.07) is 4.86. The molecule has 0 saturated heterocycles. The highest BCUT2D eigenvalue weighted by Gasteiger charge is 2.21. The van der Waals surface area contributed by atoms with Crippen LogP contribution in [0.25, 0.3) is 11.2 Å². The number of benzene rings is 1. The summed E-state index contributed by atoms with van der Waals surface area (Å²) in [5.74, 6) is -3.11. The number of hydrogen-bond acceptors (Lipinski definition) is 10. The Labute approximate surface area is 203 Å². The van der Waals surface area contributed by atoms with Crippen molar-refractivity contribution in [2.75, 3.05) is 19.4 Å². The van der Waals surface area contributed by atoms with E-state index in [-0.39, 0.29) is 42.1 Å². The van der Waals surface area contributed by atoms with Crippen molar-refractivity contribution in [3.8, 4) is 0 Å². The van der Waals surface area contributed by atoms with E-state index in [0.29, 0.717) is 11.4 Å². The first kappa shape index (κ1) is 25.7. The van der Waals surface area contributed by atoms with Gasteiger partial charge in [0.15, 0.2) is 11.2 Å². The van der Waals surface area contributed by atoms with E-state index < -0.39 is 29.4 Å². The summed E-state index contributed by atoms with van der Waals surface area (Å²) in [7, 11) is 3.34. The smallest absolute Gasteiger partial charge is 0.326 e. The predicted molar refractivity (Wildman–Crippen MR) is 126 cm³/mol. The summed E-state index contributed by atoms with van der Waals surface area (Å²) >= 11 is 0. The maximum atomic E-state index is 12.3. The lowest BCUT2D eigenvalue weighted by atomic mass is 10.1. The van der Waals surface area contributed by atoms with Crippen LogP contribution in [0.1, 0.15) is 28.9 Å². The molecule has 0 aliphatic heterocycles. The fourth-order valence-corrected chi connectivity index (χ4v) is 2.91. The van der Waals surface area contributed by atoms with Gasteiger partial charge in [-0.1, -0.05) is 10.3 Å². The second-order valence-electron chi connectivity index (χ2n) is 7.69. The zero-order valence-corrected chi connectivity index (χ0v) is 19.3. The van der Waals surface area contributed by atoms with E-state index in [2.05, 4.69) is 40.9 Å². The zero-order valence-electron chi connectivity index (χ0n) is 19.3. The number of rotatable bonds is 11. The fourth-order valence-electron chi connectivity index (χ4n) is 2.91. The van der Waals surface area contributed by atoms with Crippen LogP contribution in [0.4, 0.5) is 11.6 Å². The van der Waals surface area contributed by atoms with Gasteiger partial charge in [0.1, 0.15) is 6.04 Å². The normalized spacial score (nSPS) is 11.8. The number of carbonyl (C=O) groups excluding carboxylic acids is 1. The van der Waals surface area contributed by atoms with Gasteiger partial charge >= 0.3 is 11.9 Å². The van der Waals surface area contributed by atoms with E-state index in [1.807, 2.05) is 0 Å². The third-order valence-electron chi connectivity index (χ3n) is 4.64. The topological polar surface area (TPSA) is 215 Å². The molecule has 3 rings (SSSR count). The number of anilines is 1. The van der Waals surface area contributed by atoms with E-state index in [1.54, 1.807) is 26.2 Å². The fraction of sp³-hybridized carbons (Fsp3) is 0.286. The first-order chi connectivity index (χ1) is 17.1. The molecule has 0 radical (unpaired) electrons. The number of carboxylic acid groups (broad SMARTS) is 2. The minimum absolute atomic E-state index is 0.00191. The molecule has 0 spiro atoms. The van der Waals surface area contributed by atoms with Crippen molar-refractivity contribution in [2.24, 2.45) is 10.3 Å². The van der Waals surface area contributed by atoms with Crippen LogP contribution < -0.4 is 16.2 Å². The molecule has 3 aromatic rings. The molecule has 0 aliphatic carbocycles. The predicted octanol–water partition coefficient (Wildman–Crippen LogP) is 0.933. The van der Waals surface area contributed by atoms with Crippen LogP contribution in [-0.4, -0.2) is 73.1 Å². The Bertz CT molecular complexity index is 1350. The van der Waals surface area contributed by atoms with Crippen molar-refractivity contribution in [1.82, 2.24) is 30.3 Å². The Balaban J connectivity index is 1.63. The summed E-state index contributed by atoms with van der Waals surface area (Å²) in [6.45, 7) is 0.215. The molecular weight excluding hydrogens is 474 g/mol. The third kappa shape index (κ3) is 7.02. The lowest BCUT2D eigenvalue weighted by Gasteiger charge is -2.14. The number of aromatic amines is 1. The third-order valence-corrected chi connectivity index (χ3v) is 4.64. The summed E-state index contributed by atoms with van der Waals surface area (Å²) in [5.41, 5.74) is 0.935. The standard InChI is InChI=1S/C21H23N9O6/c1-30(2)29-28-21-26-17-16(19(34)27-21)24-13(10-23-17)9-22-12-5-3-11(4-6-12)18(33)25-14(20(35)36)7-8-15(31)32/h3-6,10,14,22H,7-9H2,1-2H3,(H,25,33)(H,31,32)(H,35,36)(H,23,26,27,34)/t14-/m0/s1. The van der Waals surface area contributed by atoms with Gasteiger partial charge in [-0.2, -0.15) is 4.98 Å². The number of H-pyrrole nitrogens is 1. The molecule has 15 heteroatoms. The van der Waals surface area contributed by atoms with Crippen molar-refractivity contribution in [2.45, 2.75) is 25.4 Å². The lowest BCUT2D eigenvalue weighted by Crippen LogP contribution is -2.41. The molecule has 2 heterocycles. The number of nitrogens with zero attached hydrogens (tertiary/aromatic N) is 6. The molecule has 0 fully saturated rings. The largest absolute Gasteiger partial charge is 0.481 e. The molecular formula is C21H23N9O6. The van der Waals surface area contributed by atoms with Crippen molar-refractivity contribution in [1.29, 1.82) is 0 Å². The highest BCUT2D eigenvalue weighted by Crippen LogP contribution is 2.13. The van der Waals surface area contributed by atoms with Gasteiger partial charge < -0.3 is 20.8 Å². The van der Waals surface area contributed by atoms with Gasteiger partial charge in [-0.05, 0) is 30.7 Å². The van der Waals surface area contributed by atoms with E-state index in [0.717, 1.165) is 0 Å². The van der Waals surface area contributed by atoms with Gasteiger partial charge in [0, 0.05) is 31.8 Å². The minimum atomic E-state index is -1.32. The number of aromatic nitrogens is 4. The molecule has 188 valence electrons. The van der Waals surface area contributed by atoms with Gasteiger partial charge in [0.05, 0.1) is 18.4 Å². The summed E-state index contributed by atoms with van der Waals surface area (Å²) in [5, 5.41) is 32.3. The van der Waals surface area contributed by atoms with Crippen LogP contribution >= 0.6 is 0 Å². The highest BCUT2D eigenvalue weighted by molar-refractivity contribution is 5.96. The first-order valence-corrected chi connectivity index (χ1v) is 10.6. The van der Waals surface area contributed by atoms with E-state index in [9.17, 15) is 24.3 Å². The van der Waals surface area contributed by atoms with Crippen LogP contribution in [0.15, 0.2) is 45.6 Å². The van der Waals surface area contributed by atoms with Gasteiger partial charge in [0.25, 0.3) is 17.4 Å². The minimum Gasteiger partial charge on any atom is -0.481 e. The lowest BCUT2D eigenvalue weighted by molar-refractivity contribution is -0.140. The van der Waals surface area contributed by atoms with Gasteiger partial charge in [0.2, 0.25) is 0 Å². The maximum absolute atomic E-state index is 12.3. The molecule has 15 nitrogen and oxygen atoms in total. The molecule has 5 N–H and O–H groups in total. The number of fused-ring (bicyclic) bond motifs is 1. The second-order valence-corrected chi connectivity index (χ2v) is 7.69. The Morgan fingerprint density at radius 1 is 1.14 bits per heavy atom. The zero-order chi connectivity index (χ0) is 26.2. The van der Waals surface area contributed by atoms with Crippen molar-refractivity contribution in [3.63, 3.8) is 0 Å². The Hall–Kier alpha value is -4.95. The average Bonchev–Trinajstić information content (AvgIpc) is 2.84. The number of nitrogens with one attached hydrogen (secondary N) is 3. The molecule has 36 heavy (non-hydrogen) atoms. The average molecular weight is 497 g/mol. The van der Waals surface area contributed by atoms with Gasteiger partial charge in [-0.15, -0.1) is 0 Å². The SMILES string of the molecule is CN(C)N=Nc1nc2ncc(CNc3ccc(C(=O)N[C@@H](CCC(=O)O)C(=O)O)cc3)nc2c(=O)[nH]1. The molecule has 0 saturated carbocycles. The highest BCUT2D eigenvalue weighted by atomic mass is 16.4. The van der Waals surface area contributed by atoms with E-state index in [4.69, 9.17) is 5.11 Å². The van der Waals surface area contributed by atoms with E-state index in [1.165, 1.54) is 23.3 Å². The molecule has 2 aromatic heterocycles. The van der Waals surface area contributed by atoms with Crippen LogP contribution in [0.2, 0.25) is 0 Å². The van der Waals surface area contributed by atoms with Crippen molar-refractivity contribution >= 4 is 40.6 Å². The number of hydrogen-bond donors (Lipinski definition) is 5. The molecule has 1 atom stereocenters. The van der Waals surface area contributed by atoms with Crippen LogP contribution in [0, 0.1) is 0 Å². The second kappa shape index (κ2) is 11.5. The Morgan fingerprint density at radius 3 is 2.50 bits per heavy atom. The van der Waals surface area contributed by atoms with Crippen molar-refractivity contribution in [3.05, 3.63) is 52.1 Å².